The molecule has 0 bridgehead atoms. The zero-order valence-electron chi connectivity index (χ0n) is 11.2. The van der Waals surface area contributed by atoms with Gasteiger partial charge in [0, 0.05) is 4.47 Å². The van der Waals surface area contributed by atoms with Crippen LogP contribution in [0.3, 0.4) is 0 Å². The first-order valence-corrected chi connectivity index (χ1v) is 7.01. The summed E-state index contributed by atoms with van der Waals surface area (Å²) in [7, 11) is 0. The summed E-state index contributed by atoms with van der Waals surface area (Å²) in [6.45, 7) is 1.88. The highest BCUT2D eigenvalue weighted by Crippen LogP contribution is 2.38. The SMILES string of the molecule is Cc1cccc(C(NN)c2ccc(Br)cc2C(F)(F)F)c1. The summed E-state index contributed by atoms with van der Waals surface area (Å²) in [5.41, 5.74) is 3.51. The lowest BCUT2D eigenvalue weighted by Gasteiger charge is -2.22. The van der Waals surface area contributed by atoms with Crippen LogP contribution in [-0.4, -0.2) is 0 Å². The van der Waals surface area contributed by atoms with E-state index in [9.17, 15) is 13.2 Å². The molecule has 0 fully saturated rings. The van der Waals surface area contributed by atoms with Crippen LogP contribution in [0.1, 0.15) is 28.3 Å². The second kappa shape index (κ2) is 6.17. The quantitative estimate of drug-likeness (QED) is 0.633. The Kier molecular flexibility index (Phi) is 4.70. The fourth-order valence-corrected chi connectivity index (χ4v) is 2.60. The molecular formula is C15H14BrF3N2. The summed E-state index contributed by atoms with van der Waals surface area (Å²) in [5.74, 6) is 5.51. The normalized spacial score (nSPS) is 13.2. The van der Waals surface area contributed by atoms with Gasteiger partial charge in [-0.25, -0.2) is 5.43 Å². The van der Waals surface area contributed by atoms with E-state index in [-0.39, 0.29) is 5.56 Å². The zero-order chi connectivity index (χ0) is 15.6. The maximum absolute atomic E-state index is 13.2. The molecule has 0 aliphatic heterocycles. The van der Waals surface area contributed by atoms with E-state index < -0.39 is 17.8 Å². The summed E-state index contributed by atoms with van der Waals surface area (Å²) < 4.78 is 40.1. The van der Waals surface area contributed by atoms with Crippen LogP contribution in [0.5, 0.6) is 0 Å². The van der Waals surface area contributed by atoms with Crippen molar-refractivity contribution in [2.24, 2.45) is 5.84 Å². The van der Waals surface area contributed by atoms with Crippen LogP contribution in [0, 0.1) is 6.92 Å². The highest BCUT2D eigenvalue weighted by atomic mass is 79.9. The minimum atomic E-state index is -4.45. The Hall–Kier alpha value is -1.37. The van der Waals surface area contributed by atoms with Gasteiger partial charge in [0.2, 0.25) is 0 Å². The Morgan fingerprint density at radius 2 is 1.86 bits per heavy atom. The summed E-state index contributed by atoms with van der Waals surface area (Å²) in [6.07, 6.45) is -4.45. The second-order valence-electron chi connectivity index (χ2n) is 4.74. The lowest BCUT2D eigenvalue weighted by atomic mass is 9.94. The molecule has 0 amide bonds. The van der Waals surface area contributed by atoms with E-state index in [4.69, 9.17) is 5.84 Å². The van der Waals surface area contributed by atoms with Crippen LogP contribution < -0.4 is 11.3 Å². The van der Waals surface area contributed by atoms with E-state index in [0.29, 0.717) is 10.0 Å². The maximum atomic E-state index is 13.2. The van der Waals surface area contributed by atoms with Gasteiger partial charge in [-0.1, -0.05) is 51.8 Å². The van der Waals surface area contributed by atoms with E-state index in [1.165, 1.54) is 6.07 Å². The van der Waals surface area contributed by atoms with Gasteiger partial charge in [0.25, 0.3) is 0 Å². The monoisotopic (exact) mass is 358 g/mol. The molecule has 0 radical (unpaired) electrons. The molecule has 0 saturated carbocycles. The van der Waals surface area contributed by atoms with Crippen LogP contribution >= 0.6 is 15.9 Å². The largest absolute Gasteiger partial charge is 0.416 e. The van der Waals surface area contributed by atoms with Crippen LogP contribution in [0.2, 0.25) is 0 Å². The Labute approximate surface area is 129 Å². The second-order valence-corrected chi connectivity index (χ2v) is 5.66. The Balaban J connectivity index is 2.58. The molecule has 6 heteroatoms. The van der Waals surface area contributed by atoms with Crippen molar-refractivity contribution in [3.63, 3.8) is 0 Å². The molecule has 0 spiro atoms. The van der Waals surface area contributed by atoms with Crippen LogP contribution in [0.15, 0.2) is 46.9 Å². The first-order chi connectivity index (χ1) is 9.82. The first-order valence-electron chi connectivity index (χ1n) is 6.22. The number of benzene rings is 2. The van der Waals surface area contributed by atoms with Gasteiger partial charge in [0.1, 0.15) is 0 Å². The van der Waals surface area contributed by atoms with Crippen LogP contribution in [-0.2, 0) is 6.18 Å². The summed E-state index contributed by atoms with van der Waals surface area (Å²) >= 11 is 3.08. The molecule has 2 nitrogen and oxygen atoms in total. The number of hydrogen-bond donors (Lipinski definition) is 2. The highest BCUT2D eigenvalue weighted by Gasteiger charge is 2.35. The molecule has 0 aliphatic rings. The van der Waals surface area contributed by atoms with Crippen molar-refractivity contribution in [2.45, 2.75) is 19.1 Å². The Morgan fingerprint density at radius 3 is 2.43 bits per heavy atom. The molecule has 0 saturated heterocycles. The maximum Gasteiger partial charge on any atom is 0.416 e. The molecule has 2 aromatic carbocycles. The number of hydrogen-bond acceptors (Lipinski definition) is 2. The number of nitrogens with one attached hydrogen (secondary N) is 1. The third-order valence-electron chi connectivity index (χ3n) is 3.17. The zero-order valence-corrected chi connectivity index (χ0v) is 12.8. The van der Waals surface area contributed by atoms with Crippen LogP contribution in [0.4, 0.5) is 13.2 Å². The molecule has 112 valence electrons. The summed E-state index contributed by atoms with van der Waals surface area (Å²) in [5, 5.41) is 0. The van der Waals surface area contributed by atoms with E-state index >= 15 is 0 Å². The van der Waals surface area contributed by atoms with Crippen molar-refractivity contribution in [3.05, 3.63) is 69.2 Å². The van der Waals surface area contributed by atoms with Gasteiger partial charge in [-0.2, -0.15) is 13.2 Å². The Bertz CT molecular complexity index is 641. The molecule has 3 N–H and O–H groups in total. The third kappa shape index (κ3) is 3.64. The van der Waals surface area contributed by atoms with Gasteiger partial charge in [-0.05, 0) is 30.2 Å². The number of aryl methyl sites for hydroxylation is 1. The minimum absolute atomic E-state index is 0.0961. The molecule has 0 heterocycles. The van der Waals surface area contributed by atoms with Crippen molar-refractivity contribution in [1.82, 2.24) is 5.43 Å². The van der Waals surface area contributed by atoms with E-state index in [1.807, 2.05) is 19.1 Å². The molecule has 1 atom stereocenters. The molecular weight excluding hydrogens is 345 g/mol. The van der Waals surface area contributed by atoms with Crippen molar-refractivity contribution in [1.29, 1.82) is 0 Å². The summed E-state index contributed by atoms with van der Waals surface area (Å²) in [4.78, 5) is 0. The van der Waals surface area contributed by atoms with Crippen molar-refractivity contribution >= 4 is 15.9 Å². The van der Waals surface area contributed by atoms with E-state index in [1.54, 1.807) is 18.2 Å². The smallest absolute Gasteiger partial charge is 0.271 e. The Morgan fingerprint density at radius 1 is 1.14 bits per heavy atom. The fraction of sp³-hybridized carbons (Fsp3) is 0.200. The minimum Gasteiger partial charge on any atom is -0.271 e. The molecule has 21 heavy (non-hydrogen) atoms. The topological polar surface area (TPSA) is 38.0 Å². The fourth-order valence-electron chi connectivity index (χ4n) is 2.24. The van der Waals surface area contributed by atoms with Crippen molar-refractivity contribution in [2.75, 3.05) is 0 Å². The van der Waals surface area contributed by atoms with Gasteiger partial charge in [-0.3, -0.25) is 5.84 Å². The van der Waals surface area contributed by atoms with Gasteiger partial charge in [-0.15, -0.1) is 0 Å². The summed E-state index contributed by atoms with van der Waals surface area (Å²) in [6, 6.07) is 10.6. The molecule has 0 aromatic heterocycles. The van der Waals surface area contributed by atoms with Crippen molar-refractivity contribution < 1.29 is 13.2 Å². The number of alkyl halides is 3. The lowest BCUT2D eigenvalue weighted by Crippen LogP contribution is -2.30. The van der Waals surface area contributed by atoms with Gasteiger partial charge >= 0.3 is 6.18 Å². The highest BCUT2D eigenvalue weighted by molar-refractivity contribution is 9.10. The predicted octanol–water partition coefficient (Wildman–Crippen LogP) is 4.33. The van der Waals surface area contributed by atoms with Crippen LogP contribution in [0.25, 0.3) is 0 Å². The molecule has 2 aromatic rings. The number of hydrazine groups is 1. The van der Waals surface area contributed by atoms with E-state index in [0.717, 1.165) is 11.6 Å². The van der Waals surface area contributed by atoms with E-state index in [2.05, 4.69) is 21.4 Å². The van der Waals surface area contributed by atoms with Gasteiger partial charge in [0.15, 0.2) is 0 Å². The third-order valence-corrected chi connectivity index (χ3v) is 3.67. The van der Waals surface area contributed by atoms with Gasteiger partial charge in [0.05, 0.1) is 11.6 Å². The molecule has 0 aliphatic carbocycles. The average Bonchev–Trinajstić information content (AvgIpc) is 2.40. The standard InChI is InChI=1S/C15H14BrF3N2/c1-9-3-2-4-10(7-9)14(21-20)12-6-5-11(16)8-13(12)15(17,18)19/h2-8,14,21H,20H2,1H3. The number of nitrogens with two attached hydrogens (primary N) is 1. The molecule has 1 unspecified atom stereocenters. The van der Waals surface area contributed by atoms with Crippen molar-refractivity contribution in [3.8, 4) is 0 Å². The average molecular weight is 359 g/mol. The van der Waals surface area contributed by atoms with Gasteiger partial charge < -0.3 is 0 Å². The number of rotatable bonds is 3. The molecule has 2 rings (SSSR count). The predicted molar refractivity (Wildman–Crippen MR) is 79.5 cm³/mol. The first kappa shape index (κ1) is 16.0. The number of halogens is 4. The lowest BCUT2D eigenvalue weighted by molar-refractivity contribution is -0.138.